The summed E-state index contributed by atoms with van der Waals surface area (Å²) < 4.78 is 15.8. The third kappa shape index (κ3) is 2.04. The maximum atomic E-state index is 12.0. The fourth-order valence-electron chi connectivity index (χ4n) is 1.93. The maximum absolute atomic E-state index is 12.0. The van der Waals surface area contributed by atoms with Crippen LogP contribution in [0.3, 0.4) is 0 Å². The number of fused-ring (bicyclic) bond motifs is 1. The molecule has 0 saturated carbocycles. The van der Waals surface area contributed by atoms with Crippen LogP contribution in [0, 0.1) is 0 Å². The molecule has 1 saturated heterocycles. The van der Waals surface area contributed by atoms with Crippen LogP contribution in [0.5, 0.6) is 11.5 Å². The topological polar surface area (TPSA) is 48.0 Å². The molecular weight excluding hydrogens is 266 g/mol. The first-order valence-corrected chi connectivity index (χ1v) is 6.25. The molecule has 1 aromatic carbocycles. The lowest BCUT2D eigenvalue weighted by molar-refractivity contribution is -0.122. The number of amides is 1. The van der Waals surface area contributed by atoms with Gasteiger partial charge in [0.25, 0.3) is 11.1 Å². The largest absolute Gasteiger partial charge is 0.454 e. The lowest BCUT2D eigenvalue weighted by Gasteiger charge is -2.06. The molecule has 98 valence electrons. The minimum Gasteiger partial charge on any atom is -0.454 e. The van der Waals surface area contributed by atoms with E-state index in [9.17, 15) is 4.79 Å². The van der Waals surface area contributed by atoms with Crippen LogP contribution in [0.15, 0.2) is 24.0 Å². The van der Waals surface area contributed by atoms with Gasteiger partial charge in [0.05, 0.1) is 0 Å². The highest BCUT2D eigenvalue weighted by Crippen LogP contribution is 2.33. The second-order valence-corrected chi connectivity index (χ2v) is 4.39. The Bertz CT molecular complexity index is 596. The third-order valence-corrected chi connectivity index (χ3v) is 3.19. The van der Waals surface area contributed by atoms with E-state index in [2.05, 4.69) is 0 Å². The zero-order chi connectivity index (χ0) is 13.4. The van der Waals surface area contributed by atoms with E-state index in [1.807, 2.05) is 13.0 Å². The highest BCUT2D eigenvalue weighted by atomic mass is 32.1. The number of rotatable bonds is 2. The van der Waals surface area contributed by atoms with Crippen LogP contribution in [0.25, 0.3) is 6.08 Å². The Morgan fingerprint density at radius 1 is 1.37 bits per heavy atom. The lowest BCUT2D eigenvalue weighted by Crippen LogP contribution is -2.27. The SMILES string of the molecule is CCN1C(=O)C(=Cc2ccc3c(c2)OCO3)OC1=S. The van der Waals surface area contributed by atoms with Gasteiger partial charge in [-0.15, -0.1) is 0 Å². The van der Waals surface area contributed by atoms with Gasteiger partial charge in [-0.1, -0.05) is 6.07 Å². The van der Waals surface area contributed by atoms with Gasteiger partial charge in [-0.25, -0.2) is 0 Å². The summed E-state index contributed by atoms with van der Waals surface area (Å²) in [5, 5.41) is 0.194. The molecule has 0 radical (unpaired) electrons. The molecule has 0 N–H and O–H groups in total. The van der Waals surface area contributed by atoms with Crippen molar-refractivity contribution >= 4 is 29.4 Å². The molecule has 0 bridgehead atoms. The third-order valence-electron chi connectivity index (χ3n) is 2.88. The van der Waals surface area contributed by atoms with Gasteiger partial charge < -0.3 is 14.2 Å². The van der Waals surface area contributed by atoms with Crippen LogP contribution in [-0.2, 0) is 9.53 Å². The van der Waals surface area contributed by atoms with E-state index in [-0.39, 0.29) is 23.6 Å². The van der Waals surface area contributed by atoms with Crippen LogP contribution in [-0.4, -0.2) is 29.3 Å². The smallest absolute Gasteiger partial charge is 0.297 e. The van der Waals surface area contributed by atoms with Gasteiger partial charge in [0.15, 0.2) is 17.3 Å². The van der Waals surface area contributed by atoms with Crippen molar-refractivity contribution in [3.63, 3.8) is 0 Å². The zero-order valence-corrected chi connectivity index (χ0v) is 11.0. The van der Waals surface area contributed by atoms with Crippen LogP contribution in [0.2, 0.25) is 0 Å². The first kappa shape index (κ1) is 12.0. The van der Waals surface area contributed by atoms with Gasteiger partial charge in [-0.2, -0.15) is 0 Å². The predicted octanol–water partition coefficient (Wildman–Crippen LogP) is 1.92. The summed E-state index contributed by atoms with van der Waals surface area (Å²) in [6.07, 6.45) is 1.65. The van der Waals surface area contributed by atoms with Gasteiger partial charge in [-0.3, -0.25) is 9.69 Å². The molecule has 6 heteroatoms. The fourth-order valence-corrected chi connectivity index (χ4v) is 2.23. The lowest BCUT2D eigenvalue weighted by atomic mass is 10.2. The molecule has 1 amide bonds. The molecular formula is C13H11NO4S. The number of ether oxygens (including phenoxy) is 3. The van der Waals surface area contributed by atoms with E-state index in [4.69, 9.17) is 26.4 Å². The van der Waals surface area contributed by atoms with Crippen molar-refractivity contribution in [2.24, 2.45) is 0 Å². The highest BCUT2D eigenvalue weighted by Gasteiger charge is 2.32. The van der Waals surface area contributed by atoms with Crippen LogP contribution < -0.4 is 9.47 Å². The number of likely N-dealkylation sites (N-methyl/N-ethyl adjacent to an activating group) is 1. The molecule has 0 spiro atoms. The Hall–Kier alpha value is -2.08. The van der Waals surface area contributed by atoms with Crippen LogP contribution in [0.1, 0.15) is 12.5 Å². The number of hydrogen-bond acceptors (Lipinski definition) is 5. The van der Waals surface area contributed by atoms with E-state index >= 15 is 0 Å². The number of nitrogens with zero attached hydrogens (tertiary/aromatic N) is 1. The second kappa shape index (κ2) is 4.55. The fraction of sp³-hybridized carbons (Fsp3) is 0.231. The second-order valence-electron chi connectivity index (χ2n) is 4.04. The molecule has 0 aromatic heterocycles. The quantitative estimate of drug-likeness (QED) is 0.610. The number of hydrogen-bond donors (Lipinski definition) is 0. The molecule has 2 heterocycles. The number of carbonyl (C=O) groups is 1. The van der Waals surface area contributed by atoms with Gasteiger partial charge in [-0.05, 0) is 42.9 Å². The Morgan fingerprint density at radius 2 is 2.16 bits per heavy atom. The standard InChI is InChI=1S/C13H11NO4S/c1-2-14-12(15)11(18-13(14)19)6-8-3-4-9-10(5-8)17-7-16-9/h3-6H,2,7H2,1H3. The summed E-state index contributed by atoms with van der Waals surface area (Å²) in [6.45, 7) is 2.56. The molecule has 1 aromatic rings. The molecule has 0 aliphatic carbocycles. The number of thiocarbonyl (C=S) groups is 1. The van der Waals surface area contributed by atoms with Crippen molar-refractivity contribution in [1.29, 1.82) is 0 Å². The number of benzene rings is 1. The van der Waals surface area contributed by atoms with E-state index in [0.29, 0.717) is 18.0 Å². The minimum absolute atomic E-state index is 0.194. The van der Waals surface area contributed by atoms with Crippen molar-refractivity contribution in [3.05, 3.63) is 29.5 Å². The van der Waals surface area contributed by atoms with E-state index in [1.54, 1.807) is 18.2 Å². The van der Waals surface area contributed by atoms with Crippen molar-refractivity contribution in [2.75, 3.05) is 13.3 Å². The molecule has 2 aliphatic rings. The summed E-state index contributed by atoms with van der Waals surface area (Å²) in [6, 6.07) is 5.42. The van der Waals surface area contributed by atoms with Gasteiger partial charge in [0, 0.05) is 6.54 Å². The average Bonchev–Trinajstić information content (AvgIpc) is 2.95. The minimum atomic E-state index is -0.217. The Morgan fingerprint density at radius 3 is 2.89 bits per heavy atom. The Balaban J connectivity index is 1.90. The van der Waals surface area contributed by atoms with E-state index in [1.165, 1.54) is 4.90 Å². The molecule has 19 heavy (non-hydrogen) atoms. The molecule has 1 fully saturated rings. The molecule has 0 unspecified atom stereocenters. The monoisotopic (exact) mass is 277 g/mol. The van der Waals surface area contributed by atoms with Crippen molar-refractivity contribution < 1.29 is 19.0 Å². The molecule has 3 rings (SSSR count). The van der Waals surface area contributed by atoms with E-state index in [0.717, 1.165) is 5.56 Å². The highest BCUT2D eigenvalue weighted by molar-refractivity contribution is 7.80. The van der Waals surface area contributed by atoms with E-state index < -0.39 is 0 Å². The van der Waals surface area contributed by atoms with Gasteiger partial charge in [0.1, 0.15) is 0 Å². The number of carbonyl (C=O) groups excluding carboxylic acids is 1. The van der Waals surface area contributed by atoms with Crippen molar-refractivity contribution in [3.8, 4) is 11.5 Å². The molecule has 5 nitrogen and oxygen atoms in total. The normalized spacial score (nSPS) is 19.2. The van der Waals surface area contributed by atoms with Gasteiger partial charge in [0.2, 0.25) is 6.79 Å². The molecule has 0 atom stereocenters. The Kier molecular flexibility index (Phi) is 2.87. The van der Waals surface area contributed by atoms with Crippen molar-refractivity contribution in [1.82, 2.24) is 4.90 Å². The summed E-state index contributed by atoms with van der Waals surface area (Å²) in [7, 11) is 0. The first-order chi connectivity index (χ1) is 9.19. The van der Waals surface area contributed by atoms with Crippen molar-refractivity contribution in [2.45, 2.75) is 6.92 Å². The average molecular weight is 277 g/mol. The van der Waals surface area contributed by atoms with Crippen LogP contribution in [0.4, 0.5) is 0 Å². The summed E-state index contributed by atoms with van der Waals surface area (Å²) in [4.78, 5) is 13.4. The summed E-state index contributed by atoms with van der Waals surface area (Å²) in [5.74, 6) is 1.37. The predicted molar refractivity (Wildman–Crippen MR) is 71.6 cm³/mol. The van der Waals surface area contributed by atoms with Gasteiger partial charge >= 0.3 is 0 Å². The summed E-state index contributed by atoms with van der Waals surface area (Å²) >= 11 is 4.99. The zero-order valence-electron chi connectivity index (χ0n) is 10.2. The van der Waals surface area contributed by atoms with Crippen LogP contribution >= 0.6 is 12.2 Å². The maximum Gasteiger partial charge on any atom is 0.297 e. The first-order valence-electron chi connectivity index (χ1n) is 5.84. The summed E-state index contributed by atoms with van der Waals surface area (Å²) in [5.41, 5.74) is 0.799. The Labute approximate surface area is 115 Å². The molecule has 2 aliphatic heterocycles.